The lowest BCUT2D eigenvalue weighted by molar-refractivity contribution is 0.202. The zero-order chi connectivity index (χ0) is 10.3. The zero-order valence-electron chi connectivity index (χ0n) is 7.75. The molecule has 0 bridgehead atoms. The molecule has 1 N–H and O–H groups in total. The Morgan fingerprint density at radius 2 is 2.29 bits per heavy atom. The van der Waals surface area contributed by atoms with Gasteiger partial charge in [-0.1, -0.05) is 15.9 Å². The molecule has 2 rings (SSSR count). The number of benzene rings is 1. The summed E-state index contributed by atoms with van der Waals surface area (Å²) in [6, 6.07) is 3.75. The largest absolute Gasteiger partial charge is 0.465 e. The molecule has 1 aliphatic rings. The average Bonchev–Trinajstić information content (AvgIpc) is 2.55. The third-order valence-corrected chi connectivity index (χ3v) is 3.47. The van der Waals surface area contributed by atoms with E-state index < -0.39 is 6.09 Å². The molecule has 0 radical (unpaired) electrons. The van der Waals surface area contributed by atoms with Crippen molar-refractivity contribution in [2.75, 3.05) is 11.4 Å². The van der Waals surface area contributed by atoms with Crippen LogP contribution in [0.15, 0.2) is 16.6 Å². The molecule has 1 aliphatic heterocycles. The Hall–Kier alpha value is -1.03. The van der Waals surface area contributed by atoms with E-state index in [1.54, 1.807) is 0 Å². The molecule has 0 aliphatic carbocycles. The number of hydrogen-bond acceptors (Lipinski definition) is 1. The first kappa shape index (κ1) is 9.52. The Balaban J connectivity index is 2.53. The maximum Gasteiger partial charge on any atom is 0.411 e. The minimum Gasteiger partial charge on any atom is -0.465 e. The van der Waals surface area contributed by atoms with Gasteiger partial charge in [0.2, 0.25) is 0 Å². The highest BCUT2D eigenvalue weighted by Crippen LogP contribution is 2.34. The van der Waals surface area contributed by atoms with Gasteiger partial charge in [0.1, 0.15) is 0 Å². The smallest absolute Gasteiger partial charge is 0.411 e. The summed E-state index contributed by atoms with van der Waals surface area (Å²) in [6.45, 7) is 2.58. The molecule has 0 saturated heterocycles. The van der Waals surface area contributed by atoms with E-state index in [-0.39, 0.29) is 0 Å². The first-order chi connectivity index (χ1) is 6.61. The second-order valence-corrected chi connectivity index (χ2v) is 4.21. The van der Waals surface area contributed by atoms with Crippen molar-refractivity contribution < 1.29 is 9.90 Å². The number of carboxylic acid groups (broad SMARTS) is 1. The zero-order valence-corrected chi connectivity index (χ0v) is 9.34. The summed E-state index contributed by atoms with van der Waals surface area (Å²) >= 11 is 3.44. The van der Waals surface area contributed by atoms with Gasteiger partial charge in [-0.15, -0.1) is 0 Å². The van der Waals surface area contributed by atoms with Crippen molar-refractivity contribution in [2.24, 2.45) is 0 Å². The fourth-order valence-electron chi connectivity index (χ4n) is 1.83. The number of amides is 1. The SMILES string of the molecule is Cc1c(Br)ccc2c1CCN2C(=O)O. The van der Waals surface area contributed by atoms with Gasteiger partial charge in [0.25, 0.3) is 0 Å². The molecule has 1 amide bonds. The summed E-state index contributed by atoms with van der Waals surface area (Å²) in [4.78, 5) is 12.3. The van der Waals surface area contributed by atoms with Crippen molar-refractivity contribution in [1.82, 2.24) is 0 Å². The van der Waals surface area contributed by atoms with Crippen molar-refractivity contribution in [2.45, 2.75) is 13.3 Å². The lowest BCUT2D eigenvalue weighted by Gasteiger charge is -2.13. The minimum atomic E-state index is -0.870. The van der Waals surface area contributed by atoms with Crippen LogP contribution in [0.4, 0.5) is 10.5 Å². The van der Waals surface area contributed by atoms with Crippen LogP contribution in [0.2, 0.25) is 0 Å². The second-order valence-electron chi connectivity index (χ2n) is 3.35. The lowest BCUT2D eigenvalue weighted by atomic mass is 10.1. The molecule has 0 atom stereocenters. The predicted octanol–water partition coefficient (Wildman–Crippen LogP) is 2.80. The first-order valence-corrected chi connectivity index (χ1v) is 5.19. The lowest BCUT2D eigenvalue weighted by Crippen LogP contribution is -2.26. The number of nitrogens with zero attached hydrogens (tertiary/aromatic N) is 1. The summed E-state index contributed by atoms with van der Waals surface area (Å²) in [5.41, 5.74) is 3.12. The summed E-state index contributed by atoms with van der Waals surface area (Å²) in [7, 11) is 0. The van der Waals surface area contributed by atoms with Crippen molar-refractivity contribution in [1.29, 1.82) is 0 Å². The van der Waals surface area contributed by atoms with Crippen molar-refractivity contribution >= 4 is 27.7 Å². The maximum atomic E-state index is 10.9. The van der Waals surface area contributed by atoms with Gasteiger partial charge < -0.3 is 5.11 Å². The van der Waals surface area contributed by atoms with Crippen LogP contribution < -0.4 is 4.90 Å². The Morgan fingerprint density at radius 3 is 2.93 bits per heavy atom. The van der Waals surface area contributed by atoms with Crippen molar-refractivity contribution in [3.8, 4) is 0 Å². The van der Waals surface area contributed by atoms with E-state index in [9.17, 15) is 4.79 Å². The number of rotatable bonds is 0. The maximum absolute atomic E-state index is 10.9. The summed E-state index contributed by atoms with van der Waals surface area (Å²) < 4.78 is 1.04. The van der Waals surface area contributed by atoms with Gasteiger partial charge in [0, 0.05) is 11.0 Å². The van der Waals surface area contributed by atoms with E-state index in [4.69, 9.17) is 5.11 Å². The Labute approximate surface area is 90.5 Å². The third kappa shape index (κ3) is 1.30. The fourth-order valence-corrected chi connectivity index (χ4v) is 2.20. The van der Waals surface area contributed by atoms with Crippen molar-refractivity contribution in [3.63, 3.8) is 0 Å². The summed E-state index contributed by atoms with van der Waals surface area (Å²) in [5, 5.41) is 8.93. The van der Waals surface area contributed by atoms with Crippen LogP contribution >= 0.6 is 15.9 Å². The van der Waals surface area contributed by atoms with Crippen LogP contribution in [0.3, 0.4) is 0 Å². The van der Waals surface area contributed by atoms with Crippen LogP contribution in [0.5, 0.6) is 0 Å². The van der Waals surface area contributed by atoms with E-state index in [1.165, 1.54) is 4.90 Å². The van der Waals surface area contributed by atoms with Crippen molar-refractivity contribution in [3.05, 3.63) is 27.7 Å². The third-order valence-electron chi connectivity index (χ3n) is 2.61. The molecule has 0 spiro atoms. The van der Waals surface area contributed by atoms with Gasteiger partial charge in [0.15, 0.2) is 0 Å². The molecule has 0 saturated carbocycles. The highest BCUT2D eigenvalue weighted by molar-refractivity contribution is 9.10. The molecule has 0 unspecified atom stereocenters. The van der Waals surface area contributed by atoms with E-state index in [0.29, 0.717) is 6.54 Å². The standard InChI is InChI=1S/C10H10BrNO2/c1-6-7-4-5-12(10(13)14)9(7)3-2-8(6)11/h2-3H,4-5H2,1H3,(H,13,14). The topological polar surface area (TPSA) is 40.5 Å². The van der Waals surface area contributed by atoms with Gasteiger partial charge in [-0.25, -0.2) is 4.79 Å². The number of carbonyl (C=O) groups is 1. The molecule has 1 aromatic rings. The Morgan fingerprint density at radius 1 is 1.57 bits per heavy atom. The molecule has 3 nitrogen and oxygen atoms in total. The van der Waals surface area contributed by atoms with Gasteiger partial charge in [0.05, 0.1) is 5.69 Å². The molecule has 0 fully saturated rings. The van der Waals surface area contributed by atoms with Gasteiger partial charge in [-0.3, -0.25) is 4.90 Å². The number of fused-ring (bicyclic) bond motifs is 1. The molecule has 74 valence electrons. The van der Waals surface area contributed by atoms with Gasteiger partial charge in [-0.2, -0.15) is 0 Å². The number of halogens is 1. The van der Waals surface area contributed by atoms with E-state index in [2.05, 4.69) is 15.9 Å². The predicted molar refractivity (Wildman–Crippen MR) is 58.0 cm³/mol. The Kier molecular flexibility index (Phi) is 2.23. The average molecular weight is 256 g/mol. The highest BCUT2D eigenvalue weighted by atomic mass is 79.9. The van der Waals surface area contributed by atoms with Gasteiger partial charge >= 0.3 is 6.09 Å². The molecular weight excluding hydrogens is 246 g/mol. The van der Waals surface area contributed by atoms with E-state index >= 15 is 0 Å². The van der Waals surface area contributed by atoms with E-state index in [1.807, 2.05) is 19.1 Å². The molecule has 0 aromatic heterocycles. The molecular formula is C10H10BrNO2. The summed E-state index contributed by atoms with van der Waals surface area (Å²) in [5.74, 6) is 0. The van der Waals surface area contributed by atoms with Crippen LogP contribution in [0.25, 0.3) is 0 Å². The monoisotopic (exact) mass is 255 g/mol. The number of anilines is 1. The molecule has 14 heavy (non-hydrogen) atoms. The quantitative estimate of drug-likeness (QED) is 0.775. The Bertz CT molecular complexity index is 403. The van der Waals surface area contributed by atoms with Crippen LogP contribution in [0.1, 0.15) is 11.1 Å². The van der Waals surface area contributed by atoms with Crippen LogP contribution in [-0.4, -0.2) is 17.7 Å². The van der Waals surface area contributed by atoms with Gasteiger partial charge in [-0.05, 0) is 36.6 Å². The number of hydrogen-bond donors (Lipinski definition) is 1. The molecule has 4 heteroatoms. The van der Waals surface area contributed by atoms with Crippen LogP contribution in [-0.2, 0) is 6.42 Å². The molecule has 1 aromatic carbocycles. The fraction of sp³-hybridized carbons (Fsp3) is 0.300. The first-order valence-electron chi connectivity index (χ1n) is 4.39. The van der Waals surface area contributed by atoms with Crippen LogP contribution in [0, 0.1) is 6.92 Å². The summed E-state index contributed by atoms with van der Waals surface area (Å²) in [6.07, 6.45) is -0.0575. The minimum absolute atomic E-state index is 0.571. The second kappa shape index (κ2) is 3.28. The highest BCUT2D eigenvalue weighted by Gasteiger charge is 2.25. The molecule has 1 heterocycles. The normalized spacial score (nSPS) is 14.3. The van der Waals surface area contributed by atoms with E-state index in [0.717, 1.165) is 27.7 Å².